The molecule has 0 bridgehead atoms. The van der Waals surface area contributed by atoms with Crippen molar-refractivity contribution < 1.29 is 9.18 Å². The third-order valence-corrected chi connectivity index (χ3v) is 5.88. The number of amides is 1. The first-order valence-corrected chi connectivity index (χ1v) is 10.8. The number of hydrogen-bond acceptors (Lipinski definition) is 3. The number of aromatic nitrogens is 1. The van der Waals surface area contributed by atoms with E-state index < -0.39 is 11.5 Å². The average molecular weight is 452 g/mol. The van der Waals surface area contributed by atoms with E-state index in [9.17, 15) is 14.0 Å². The van der Waals surface area contributed by atoms with Gasteiger partial charge in [-0.15, -0.1) is 0 Å². The predicted octanol–water partition coefficient (Wildman–Crippen LogP) is 4.39. The van der Waals surface area contributed by atoms with E-state index in [0.717, 1.165) is 36.3 Å². The molecule has 0 atom stereocenters. The number of rotatable bonds is 6. The maximum absolute atomic E-state index is 13.1. The highest BCUT2D eigenvalue weighted by molar-refractivity contribution is 6.31. The molecule has 1 amide bonds. The Kier molecular flexibility index (Phi) is 6.83. The first kappa shape index (κ1) is 22.0. The molecule has 164 valence electrons. The van der Waals surface area contributed by atoms with Crippen molar-refractivity contribution in [3.63, 3.8) is 0 Å². The highest BCUT2D eigenvalue weighted by Gasteiger charge is 2.16. The van der Waals surface area contributed by atoms with Gasteiger partial charge in [-0.2, -0.15) is 0 Å². The summed E-state index contributed by atoms with van der Waals surface area (Å²) in [4.78, 5) is 29.9. The van der Waals surface area contributed by atoms with Gasteiger partial charge >= 0.3 is 0 Å². The van der Waals surface area contributed by atoms with Gasteiger partial charge in [0, 0.05) is 36.9 Å². The van der Waals surface area contributed by atoms with E-state index >= 15 is 0 Å². The fraction of sp³-hybridized carbons (Fsp3) is 0.200. The molecule has 2 N–H and O–H groups in total. The van der Waals surface area contributed by atoms with E-state index in [1.54, 1.807) is 30.3 Å². The number of pyridine rings is 1. The lowest BCUT2D eigenvalue weighted by molar-refractivity contribution is 0.0949. The SMILES string of the molecule is O=C(NCc1ccccc1Cl)c1ccc(CN2CC=C(c3ccc(F)cc3)CC2)[nH]c1=O. The van der Waals surface area contributed by atoms with Crippen molar-refractivity contribution in [1.29, 1.82) is 0 Å². The summed E-state index contributed by atoms with van der Waals surface area (Å²) in [6.45, 7) is 2.38. The molecule has 2 aromatic carbocycles. The van der Waals surface area contributed by atoms with E-state index in [0.29, 0.717) is 11.6 Å². The van der Waals surface area contributed by atoms with Gasteiger partial charge in [0.2, 0.25) is 0 Å². The van der Waals surface area contributed by atoms with Gasteiger partial charge in [-0.25, -0.2) is 4.39 Å². The van der Waals surface area contributed by atoms with E-state index in [4.69, 9.17) is 11.6 Å². The van der Waals surface area contributed by atoms with Crippen LogP contribution in [0.4, 0.5) is 4.39 Å². The van der Waals surface area contributed by atoms with Crippen LogP contribution in [0, 0.1) is 5.82 Å². The van der Waals surface area contributed by atoms with E-state index in [1.165, 1.54) is 17.7 Å². The summed E-state index contributed by atoms with van der Waals surface area (Å²) in [5.74, 6) is -0.681. The minimum absolute atomic E-state index is 0.0675. The highest BCUT2D eigenvalue weighted by atomic mass is 35.5. The maximum Gasteiger partial charge on any atom is 0.261 e. The molecule has 1 aliphatic heterocycles. The Morgan fingerprint density at radius 1 is 1.09 bits per heavy atom. The van der Waals surface area contributed by atoms with Crippen LogP contribution in [0.5, 0.6) is 0 Å². The molecule has 0 radical (unpaired) electrons. The molecular weight excluding hydrogens is 429 g/mol. The van der Waals surface area contributed by atoms with Crippen LogP contribution in [-0.4, -0.2) is 28.9 Å². The molecule has 1 aromatic heterocycles. The van der Waals surface area contributed by atoms with Crippen molar-refractivity contribution in [1.82, 2.24) is 15.2 Å². The Morgan fingerprint density at radius 2 is 1.88 bits per heavy atom. The molecule has 7 heteroatoms. The lowest BCUT2D eigenvalue weighted by atomic mass is 9.99. The van der Waals surface area contributed by atoms with Gasteiger partial charge in [0.15, 0.2) is 0 Å². The molecule has 4 rings (SSSR count). The van der Waals surface area contributed by atoms with Gasteiger partial charge in [-0.3, -0.25) is 14.5 Å². The van der Waals surface area contributed by atoms with Crippen LogP contribution >= 0.6 is 11.6 Å². The first-order chi connectivity index (χ1) is 15.5. The summed E-state index contributed by atoms with van der Waals surface area (Å²) < 4.78 is 13.1. The van der Waals surface area contributed by atoms with Crippen molar-refractivity contribution in [2.75, 3.05) is 13.1 Å². The van der Waals surface area contributed by atoms with Crippen LogP contribution < -0.4 is 10.9 Å². The molecule has 3 aromatic rings. The molecule has 0 saturated heterocycles. The number of hydrogen-bond donors (Lipinski definition) is 2. The second-order valence-corrected chi connectivity index (χ2v) is 8.13. The van der Waals surface area contributed by atoms with Crippen molar-refractivity contribution in [3.05, 3.63) is 110 Å². The van der Waals surface area contributed by atoms with Crippen molar-refractivity contribution in [3.8, 4) is 0 Å². The predicted molar refractivity (Wildman–Crippen MR) is 124 cm³/mol. The van der Waals surface area contributed by atoms with E-state index in [1.807, 2.05) is 18.2 Å². The van der Waals surface area contributed by atoms with Crippen molar-refractivity contribution in [2.45, 2.75) is 19.5 Å². The summed E-state index contributed by atoms with van der Waals surface area (Å²) in [6, 6.07) is 17.1. The third-order valence-electron chi connectivity index (χ3n) is 5.51. The summed E-state index contributed by atoms with van der Waals surface area (Å²) >= 11 is 6.11. The first-order valence-electron chi connectivity index (χ1n) is 10.4. The number of H-pyrrole nitrogens is 1. The topological polar surface area (TPSA) is 65.2 Å². The number of nitrogens with one attached hydrogen (secondary N) is 2. The quantitative estimate of drug-likeness (QED) is 0.584. The molecule has 2 heterocycles. The van der Waals surface area contributed by atoms with Crippen LogP contribution in [0.25, 0.3) is 5.57 Å². The standard InChI is InChI=1S/C25H23ClFN3O2/c26-23-4-2-1-3-19(23)15-28-24(31)22-10-9-21(29-25(22)32)16-30-13-11-18(12-14-30)17-5-7-20(27)8-6-17/h1-11H,12-16H2,(H,28,31)(H,29,32). The number of halogens is 2. The normalized spacial score (nSPS) is 14.1. The van der Waals surface area contributed by atoms with Gasteiger partial charge < -0.3 is 10.3 Å². The molecule has 0 spiro atoms. The lowest BCUT2D eigenvalue weighted by Gasteiger charge is -2.26. The average Bonchev–Trinajstić information content (AvgIpc) is 2.79. The number of carbonyl (C=O) groups is 1. The molecule has 0 unspecified atom stereocenters. The number of nitrogens with zero attached hydrogens (tertiary/aromatic N) is 1. The zero-order valence-corrected chi connectivity index (χ0v) is 18.2. The van der Waals surface area contributed by atoms with Gasteiger partial charge in [0.1, 0.15) is 11.4 Å². The second-order valence-electron chi connectivity index (χ2n) is 7.72. The molecular formula is C25H23ClFN3O2. The maximum atomic E-state index is 13.1. The Balaban J connectivity index is 1.35. The molecule has 32 heavy (non-hydrogen) atoms. The second kappa shape index (κ2) is 9.94. The number of benzene rings is 2. The van der Waals surface area contributed by atoms with Crippen LogP contribution in [0.2, 0.25) is 5.02 Å². The number of carbonyl (C=O) groups excluding carboxylic acids is 1. The van der Waals surface area contributed by atoms with Crippen LogP contribution in [0.1, 0.15) is 33.6 Å². The fourth-order valence-corrected chi connectivity index (χ4v) is 3.92. The number of aromatic amines is 1. The Hall–Kier alpha value is -3.22. The Labute approximate surface area is 190 Å². The smallest absolute Gasteiger partial charge is 0.261 e. The van der Waals surface area contributed by atoms with Crippen LogP contribution in [0.3, 0.4) is 0 Å². The summed E-state index contributed by atoms with van der Waals surface area (Å²) in [5.41, 5.74) is 3.41. The molecule has 1 aliphatic rings. The minimum atomic E-state index is -0.442. The van der Waals surface area contributed by atoms with Crippen molar-refractivity contribution >= 4 is 23.1 Å². The van der Waals surface area contributed by atoms with Gasteiger partial charge in [0.05, 0.1) is 0 Å². The molecule has 0 aliphatic carbocycles. The summed E-state index contributed by atoms with van der Waals surface area (Å²) in [6.07, 6.45) is 2.98. The largest absolute Gasteiger partial charge is 0.348 e. The third kappa shape index (κ3) is 5.33. The van der Waals surface area contributed by atoms with Crippen LogP contribution in [0.15, 0.2) is 71.5 Å². The van der Waals surface area contributed by atoms with Gasteiger partial charge in [-0.1, -0.05) is 48.0 Å². The molecule has 0 fully saturated rings. The van der Waals surface area contributed by atoms with Crippen LogP contribution in [-0.2, 0) is 13.1 Å². The van der Waals surface area contributed by atoms with E-state index in [2.05, 4.69) is 21.3 Å². The minimum Gasteiger partial charge on any atom is -0.348 e. The lowest BCUT2D eigenvalue weighted by Crippen LogP contribution is -2.32. The Bertz CT molecular complexity index is 1200. The van der Waals surface area contributed by atoms with Crippen molar-refractivity contribution in [2.24, 2.45) is 0 Å². The monoisotopic (exact) mass is 451 g/mol. The molecule has 0 saturated carbocycles. The highest BCUT2D eigenvalue weighted by Crippen LogP contribution is 2.23. The zero-order valence-electron chi connectivity index (χ0n) is 17.4. The van der Waals surface area contributed by atoms with Gasteiger partial charge in [-0.05, 0) is 53.5 Å². The Morgan fingerprint density at radius 3 is 2.56 bits per heavy atom. The summed E-state index contributed by atoms with van der Waals surface area (Å²) in [7, 11) is 0. The molecule has 5 nitrogen and oxygen atoms in total. The fourth-order valence-electron chi connectivity index (χ4n) is 3.72. The zero-order chi connectivity index (χ0) is 22.5. The summed E-state index contributed by atoms with van der Waals surface area (Å²) in [5, 5.41) is 3.30. The van der Waals surface area contributed by atoms with E-state index in [-0.39, 0.29) is 17.9 Å². The van der Waals surface area contributed by atoms with Gasteiger partial charge in [0.25, 0.3) is 11.5 Å².